The second kappa shape index (κ2) is 5.02. The van der Waals surface area contributed by atoms with Gasteiger partial charge in [-0.2, -0.15) is 0 Å². The van der Waals surface area contributed by atoms with Gasteiger partial charge in [0, 0.05) is 11.9 Å². The lowest BCUT2D eigenvalue weighted by Crippen LogP contribution is -2.20. The number of aromatic nitrogens is 1. The molecule has 1 aromatic rings. The number of halogens is 2. The van der Waals surface area contributed by atoms with E-state index in [2.05, 4.69) is 10.3 Å². The number of alkyl halides is 1. The normalized spacial score (nSPS) is 12.5. The lowest BCUT2D eigenvalue weighted by molar-refractivity contribution is 0.621. The van der Waals surface area contributed by atoms with Crippen LogP contribution < -0.4 is 5.32 Å². The van der Waals surface area contributed by atoms with Crippen LogP contribution in [0.2, 0.25) is 0 Å². The summed E-state index contributed by atoms with van der Waals surface area (Å²) in [5.74, 6) is 0.855. The molecule has 0 spiro atoms. The molecule has 13 heavy (non-hydrogen) atoms. The molecule has 0 aliphatic rings. The number of pyridine rings is 1. The summed E-state index contributed by atoms with van der Waals surface area (Å²) in [6.45, 7) is 2.03. The Labute approximate surface area is 82.1 Å². The average Bonchev–Trinajstić information content (AvgIpc) is 2.17. The van der Waals surface area contributed by atoms with Crippen LogP contribution in [0.15, 0.2) is 18.3 Å². The van der Waals surface area contributed by atoms with Crippen LogP contribution in [-0.4, -0.2) is 16.9 Å². The first-order chi connectivity index (χ1) is 6.26. The van der Waals surface area contributed by atoms with Crippen molar-refractivity contribution in [1.29, 1.82) is 0 Å². The molecule has 1 rings (SSSR count). The van der Waals surface area contributed by atoms with E-state index in [0.717, 1.165) is 6.42 Å². The first-order valence-corrected chi connectivity index (χ1v) is 4.73. The van der Waals surface area contributed by atoms with Gasteiger partial charge in [-0.25, -0.2) is 9.37 Å². The molecule has 0 amide bonds. The number of anilines is 1. The average molecular weight is 203 g/mol. The maximum atomic E-state index is 12.5. The molecule has 0 fully saturated rings. The summed E-state index contributed by atoms with van der Waals surface area (Å²) in [6, 6.07) is 3.17. The minimum absolute atomic E-state index is 0.194. The van der Waals surface area contributed by atoms with Crippen LogP contribution in [0, 0.1) is 5.82 Å². The van der Waals surface area contributed by atoms with Gasteiger partial charge in [-0.3, -0.25) is 0 Å². The van der Waals surface area contributed by atoms with Crippen molar-refractivity contribution < 1.29 is 4.39 Å². The highest BCUT2D eigenvalue weighted by Gasteiger charge is 2.04. The SMILES string of the molecule is CCC(CCl)Nc1ccc(F)cn1. The van der Waals surface area contributed by atoms with Crippen molar-refractivity contribution in [2.45, 2.75) is 19.4 Å². The van der Waals surface area contributed by atoms with Crippen molar-refractivity contribution in [2.75, 3.05) is 11.2 Å². The molecule has 2 nitrogen and oxygen atoms in total. The molecule has 4 heteroatoms. The summed E-state index contributed by atoms with van der Waals surface area (Å²) < 4.78 is 12.5. The summed E-state index contributed by atoms with van der Waals surface area (Å²) in [4.78, 5) is 3.87. The summed E-state index contributed by atoms with van der Waals surface area (Å²) in [6.07, 6.45) is 2.10. The van der Waals surface area contributed by atoms with Gasteiger partial charge < -0.3 is 5.32 Å². The Kier molecular flexibility index (Phi) is 3.96. The van der Waals surface area contributed by atoms with Gasteiger partial charge in [-0.05, 0) is 18.6 Å². The zero-order valence-electron chi connectivity index (χ0n) is 7.43. The molecule has 1 aromatic heterocycles. The molecule has 1 unspecified atom stereocenters. The Bertz CT molecular complexity index is 246. The smallest absolute Gasteiger partial charge is 0.141 e. The fourth-order valence-electron chi connectivity index (χ4n) is 0.920. The third-order valence-electron chi connectivity index (χ3n) is 1.76. The third-order valence-corrected chi connectivity index (χ3v) is 2.13. The molecule has 1 atom stereocenters. The maximum Gasteiger partial charge on any atom is 0.141 e. The molecule has 1 heterocycles. The van der Waals surface area contributed by atoms with E-state index in [0.29, 0.717) is 11.7 Å². The standard InChI is InChI=1S/C9H12ClFN2/c1-2-8(5-10)13-9-4-3-7(11)6-12-9/h3-4,6,8H,2,5H2,1H3,(H,12,13). The summed E-state index contributed by atoms with van der Waals surface area (Å²) in [5.41, 5.74) is 0. The van der Waals surface area contributed by atoms with E-state index in [1.165, 1.54) is 12.3 Å². The fraction of sp³-hybridized carbons (Fsp3) is 0.444. The summed E-state index contributed by atoms with van der Waals surface area (Å²) >= 11 is 5.68. The lowest BCUT2D eigenvalue weighted by atomic mass is 10.2. The van der Waals surface area contributed by atoms with E-state index < -0.39 is 0 Å². The largest absolute Gasteiger partial charge is 0.366 e. The van der Waals surface area contributed by atoms with Crippen molar-refractivity contribution in [3.63, 3.8) is 0 Å². The van der Waals surface area contributed by atoms with Gasteiger partial charge in [-0.1, -0.05) is 6.92 Å². The van der Waals surface area contributed by atoms with Crippen molar-refractivity contribution in [1.82, 2.24) is 4.98 Å². The van der Waals surface area contributed by atoms with E-state index in [9.17, 15) is 4.39 Å². The van der Waals surface area contributed by atoms with Crippen LogP contribution >= 0.6 is 11.6 Å². The first kappa shape index (κ1) is 10.3. The van der Waals surface area contributed by atoms with Crippen LogP contribution in [-0.2, 0) is 0 Å². The Morgan fingerprint density at radius 2 is 2.38 bits per heavy atom. The Balaban J connectivity index is 2.58. The Morgan fingerprint density at radius 1 is 1.62 bits per heavy atom. The van der Waals surface area contributed by atoms with Gasteiger partial charge in [0.25, 0.3) is 0 Å². The predicted octanol–water partition coefficient (Wildman–Crippen LogP) is 2.65. The van der Waals surface area contributed by atoms with Gasteiger partial charge in [0.05, 0.1) is 6.20 Å². The van der Waals surface area contributed by atoms with Gasteiger partial charge in [0.1, 0.15) is 11.6 Å². The van der Waals surface area contributed by atoms with Crippen molar-refractivity contribution >= 4 is 17.4 Å². The number of nitrogens with zero attached hydrogens (tertiary/aromatic N) is 1. The minimum Gasteiger partial charge on any atom is -0.366 e. The van der Waals surface area contributed by atoms with Gasteiger partial charge >= 0.3 is 0 Å². The lowest BCUT2D eigenvalue weighted by Gasteiger charge is -2.13. The van der Waals surface area contributed by atoms with Crippen molar-refractivity contribution in [3.05, 3.63) is 24.1 Å². The van der Waals surface area contributed by atoms with E-state index >= 15 is 0 Å². The molecular formula is C9H12ClFN2. The number of hydrogen-bond donors (Lipinski definition) is 1. The highest BCUT2D eigenvalue weighted by atomic mass is 35.5. The Morgan fingerprint density at radius 3 is 2.85 bits per heavy atom. The monoisotopic (exact) mass is 202 g/mol. The van der Waals surface area contributed by atoms with E-state index in [1.807, 2.05) is 6.92 Å². The number of rotatable bonds is 4. The molecule has 0 saturated carbocycles. The highest BCUT2D eigenvalue weighted by molar-refractivity contribution is 6.18. The highest BCUT2D eigenvalue weighted by Crippen LogP contribution is 2.07. The zero-order chi connectivity index (χ0) is 9.68. The zero-order valence-corrected chi connectivity index (χ0v) is 8.18. The van der Waals surface area contributed by atoms with Crippen molar-refractivity contribution in [3.8, 4) is 0 Å². The molecule has 0 bridgehead atoms. The van der Waals surface area contributed by atoms with E-state index in [1.54, 1.807) is 6.07 Å². The molecule has 0 aliphatic carbocycles. The van der Waals surface area contributed by atoms with Gasteiger partial charge in [0.15, 0.2) is 0 Å². The Hall–Kier alpha value is -0.830. The topological polar surface area (TPSA) is 24.9 Å². The van der Waals surface area contributed by atoms with Crippen LogP contribution in [0.3, 0.4) is 0 Å². The van der Waals surface area contributed by atoms with Crippen LogP contribution in [0.5, 0.6) is 0 Å². The van der Waals surface area contributed by atoms with E-state index in [4.69, 9.17) is 11.6 Å². The fourth-order valence-corrected chi connectivity index (χ4v) is 1.22. The van der Waals surface area contributed by atoms with Gasteiger partial charge in [0.2, 0.25) is 0 Å². The van der Waals surface area contributed by atoms with E-state index in [-0.39, 0.29) is 11.9 Å². The molecule has 0 aliphatic heterocycles. The summed E-state index contributed by atoms with van der Waals surface area (Å²) in [5, 5.41) is 3.10. The first-order valence-electron chi connectivity index (χ1n) is 4.20. The third kappa shape index (κ3) is 3.19. The maximum absolute atomic E-state index is 12.5. The predicted molar refractivity (Wildman–Crippen MR) is 52.6 cm³/mol. The molecule has 0 saturated heterocycles. The second-order valence-electron chi connectivity index (χ2n) is 2.77. The minimum atomic E-state index is -0.329. The molecule has 1 N–H and O–H groups in total. The molecule has 72 valence electrons. The van der Waals surface area contributed by atoms with Crippen molar-refractivity contribution in [2.24, 2.45) is 0 Å². The van der Waals surface area contributed by atoms with Crippen LogP contribution in [0.4, 0.5) is 10.2 Å². The van der Waals surface area contributed by atoms with Gasteiger partial charge in [-0.15, -0.1) is 11.6 Å². The summed E-state index contributed by atoms with van der Waals surface area (Å²) in [7, 11) is 0. The van der Waals surface area contributed by atoms with Crippen LogP contribution in [0.1, 0.15) is 13.3 Å². The van der Waals surface area contributed by atoms with Crippen LogP contribution in [0.25, 0.3) is 0 Å². The number of nitrogens with one attached hydrogen (secondary N) is 1. The number of hydrogen-bond acceptors (Lipinski definition) is 2. The quantitative estimate of drug-likeness (QED) is 0.760. The molecule has 0 radical (unpaired) electrons. The molecule has 0 aromatic carbocycles. The second-order valence-corrected chi connectivity index (χ2v) is 3.07. The molecular weight excluding hydrogens is 191 g/mol.